The van der Waals surface area contributed by atoms with Crippen LogP contribution in [0.1, 0.15) is 5.56 Å². The van der Waals surface area contributed by atoms with Crippen LogP contribution < -0.4 is 20.3 Å². The van der Waals surface area contributed by atoms with Crippen LogP contribution in [0.15, 0.2) is 48.5 Å². The van der Waals surface area contributed by atoms with E-state index in [0.29, 0.717) is 13.1 Å². The van der Waals surface area contributed by atoms with Gasteiger partial charge in [0, 0.05) is 51.5 Å². The van der Waals surface area contributed by atoms with Crippen LogP contribution >= 0.6 is 0 Å². The fraction of sp³-hybridized carbons (Fsp3) is 0.409. The molecule has 0 spiro atoms. The lowest BCUT2D eigenvalue weighted by molar-refractivity contribution is 0.232. The number of piperazine rings is 1. The first kappa shape index (κ1) is 20.9. The van der Waals surface area contributed by atoms with Crippen molar-refractivity contribution in [2.75, 3.05) is 57.8 Å². The number of urea groups is 1. The van der Waals surface area contributed by atoms with Gasteiger partial charge in [-0.3, -0.25) is 4.90 Å². The zero-order chi connectivity index (χ0) is 20.5. The number of hydrogen-bond acceptors (Lipinski definition) is 4. The first-order valence-electron chi connectivity index (χ1n) is 10.0. The van der Waals surface area contributed by atoms with E-state index in [-0.39, 0.29) is 11.8 Å². The number of nitrogens with one attached hydrogen (secondary N) is 2. The van der Waals surface area contributed by atoms with Crippen LogP contribution in [0.3, 0.4) is 0 Å². The molecular weight excluding hydrogens is 371 g/mol. The van der Waals surface area contributed by atoms with Crippen molar-refractivity contribution in [1.29, 1.82) is 0 Å². The zero-order valence-corrected chi connectivity index (χ0v) is 16.9. The van der Waals surface area contributed by atoms with Crippen LogP contribution in [0, 0.1) is 5.82 Å². The topological polar surface area (TPSA) is 56.8 Å². The molecular formula is C22H29FN4O2. The van der Waals surface area contributed by atoms with Crippen molar-refractivity contribution in [3.63, 3.8) is 0 Å². The molecule has 3 rings (SSSR count). The predicted molar refractivity (Wildman–Crippen MR) is 113 cm³/mol. The highest BCUT2D eigenvalue weighted by atomic mass is 19.1. The molecule has 156 valence electrons. The number of anilines is 1. The van der Waals surface area contributed by atoms with Gasteiger partial charge in [-0.25, -0.2) is 9.18 Å². The first-order chi connectivity index (χ1) is 14.1. The summed E-state index contributed by atoms with van der Waals surface area (Å²) >= 11 is 0. The van der Waals surface area contributed by atoms with Gasteiger partial charge >= 0.3 is 6.03 Å². The van der Waals surface area contributed by atoms with E-state index in [1.165, 1.54) is 12.1 Å². The Hall–Kier alpha value is -2.80. The monoisotopic (exact) mass is 400 g/mol. The van der Waals surface area contributed by atoms with Crippen LogP contribution in [0.4, 0.5) is 14.9 Å². The third-order valence-corrected chi connectivity index (χ3v) is 5.14. The number of amides is 2. The summed E-state index contributed by atoms with van der Waals surface area (Å²) in [5, 5.41) is 5.81. The van der Waals surface area contributed by atoms with Crippen molar-refractivity contribution in [2.45, 2.75) is 6.42 Å². The van der Waals surface area contributed by atoms with E-state index in [4.69, 9.17) is 4.74 Å². The standard InChI is InChI=1S/C22H29FN4O2/c1-29-21-8-2-18(3-9-21)10-11-24-22(28)25-12-13-26-14-16-27(17-15-26)20-6-4-19(23)5-7-20/h2-9H,10-17H2,1H3,(H2,24,25,28). The Bertz CT molecular complexity index is 759. The number of carbonyl (C=O) groups excluding carboxylic acids is 1. The van der Waals surface area contributed by atoms with Crippen molar-refractivity contribution >= 4 is 11.7 Å². The Morgan fingerprint density at radius 1 is 0.966 bits per heavy atom. The maximum absolute atomic E-state index is 13.0. The molecule has 7 heteroatoms. The van der Waals surface area contributed by atoms with Gasteiger partial charge in [-0.15, -0.1) is 0 Å². The van der Waals surface area contributed by atoms with Crippen molar-refractivity contribution in [3.8, 4) is 5.75 Å². The second-order valence-corrected chi connectivity index (χ2v) is 7.09. The SMILES string of the molecule is COc1ccc(CCNC(=O)NCCN2CCN(c3ccc(F)cc3)CC2)cc1. The molecule has 6 nitrogen and oxygen atoms in total. The van der Waals surface area contributed by atoms with Crippen LogP contribution in [0.5, 0.6) is 5.75 Å². The third-order valence-electron chi connectivity index (χ3n) is 5.14. The Morgan fingerprint density at radius 2 is 1.62 bits per heavy atom. The molecule has 1 fully saturated rings. The summed E-state index contributed by atoms with van der Waals surface area (Å²) in [7, 11) is 1.65. The largest absolute Gasteiger partial charge is 0.497 e. The van der Waals surface area contributed by atoms with Crippen LogP contribution in [-0.2, 0) is 6.42 Å². The molecule has 0 radical (unpaired) electrons. The molecule has 0 aromatic heterocycles. The van der Waals surface area contributed by atoms with E-state index in [1.54, 1.807) is 7.11 Å². The lowest BCUT2D eigenvalue weighted by Crippen LogP contribution is -2.49. The average molecular weight is 400 g/mol. The summed E-state index contributed by atoms with van der Waals surface area (Å²) in [6.07, 6.45) is 0.781. The molecule has 1 aliphatic heterocycles. The van der Waals surface area contributed by atoms with Crippen LogP contribution in [-0.4, -0.2) is 63.9 Å². The number of benzene rings is 2. The zero-order valence-electron chi connectivity index (χ0n) is 16.9. The fourth-order valence-corrected chi connectivity index (χ4v) is 3.38. The molecule has 0 unspecified atom stereocenters. The first-order valence-corrected chi connectivity index (χ1v) is 10.0. The minimum absolute atomic E-state index is 0.136. The number of halogens is 1. The van der Waals surface area contributed by atoms with Crippen molar-refractivity contribution < 1.29 is 13.9 Å². The number of nitrogens with zero attached hydrogens (tertiary/aromatic N) is 2. The molecule has 0 bridgehead atoms. The molecule has 1 saturated heterocycles. The van der Waals surface area contributed by atoms with E-state index >= 15 is 0 Å². The molecule has 0 aliphatic carbocycles. The Kier molecular flexibility index (Phi) is 7.69. The van der Waals surface area contributed by atoms with E-state index in [2.05, 4.69) is 20.4 Å². The van der Waals surface area contributed by atoms with E-state index < -0.39 is 0 Å². The number of hydrogen-bond donors (Lipinski definition) is 2. The highest BCUT2D eigenvalue weighted by Crippen LogP contribution is 2.16. The van der Waals surface area contributed by atoms with Gasteiger partial charge in [-0.05, 0) is 48.4 Å². The summed E-state index contributed by atoms with van der Waals surface area (Å²) in [4.78, 5) is 16.5. The molecule has 0 saturated carbocycles. The van der Waals surface area contributed by atoms with Crippen LogP contribution in [0.25, 0.3) is 0 Å². The predicted octanol–water partition coefficient (Wildman–Crippen LogP) is 2.50. The number of carbonyl (C=O) groups is 1. The van der Waals surface area contributed by atoms with E-state index in [0.717, 1.165) is 56.1 Å². The summed E-state index contributed by atoms with van der Waals surface area (Å²) in [6, 6.07) is 14.4. The lowest BCUT2D eigenvalue weighted by Gasteiger charge is -2.36. The van der Waals surface area contributed by atoms with Crippen molar-refractivity contribution in [2.24, 2.45) is 0 Å². The summed E-state index contributed by atoms with van der Waals surface area (Å²) < 4.78 is 18.2. The van der Waals surface area contributed by atoms with Gasteiger partial charge < -0.3 is 20.3 Å². The molecule has 1 aliphatic rings. The van der Waals surface area contributed by atoms with Gasteiger partial charge in [0.1, 0.15) is 11.6 Å². The molecule has 0 atom stereocenters. The Balaban J connectivity index is 1.27. The Labute approximate surface area is 171 Å². The molecule has 2 amide bonds. The summed E-state index contributed by atoms with van der Waals surface area (Å²) in [5.41, 5.74) is 2.21. The van der Waals surface area contributed by atoms with E-state index in [9.17, 15) is 9.18 Å². The summed E-state index contributed by atoms with van der Waals surface area (Å²) in [6.45, 7) is 5.69. The van der Waals surface area contributed by atoms with Gasteiger partial charge in [0.15, 0.2) is 0 Å². The quantitative estimate of drug-likeness (QED) is 0.715. The van der Waals surface area contributed by atoms with Gasteiger partial charge in [0.05, 0.1) is 7.11 Å². The van der Waals surface area contributed by atoms with Gasteiger partial charge in [-0.1, -0.05) is 12.1 Å². The molecule has 1 heterocycles. The minimum Gasteiger partial charge on any atom is -0.497 e. The summed E-state index contributed by atoms with van der Waals surface area (Å²) in [5.74, 6) is 0.624. The van der Waals surface area contributed by atoms with Gasteiger partial charge in [0.25, 0.3) is 0 Å². The van der Waals surface area contributed by atoms with Gasteiger partial charge in [-0.2, -0.15) is 0 Å². The smallest absolute Gasteiger partial charge is 0.314 e. The molecule has 2 aromatic rings. The average Bonchev–Trinajstić information content (AvgIpc) is 2.75. The molecule has 29 heavy (non-hydrogen) atoms. The molecule has 2 N–H and O–H groups in total. The maximum atomic E-state index is 13.0. The highest BCUT2D eigenvalue weighted by molar-refractivity contribution is 5.73. The van der Waals surface area contributed by atoms with E-state index in [1.807, 2.05) is 36.4 Å². The second kappa shape index (κ2) is 10.7. The van der Waals surface area contributed by atoms with Gasteiger partial charge in [0.2, 0.25) is 0 Å². The normalized spacial score (nSPS) is 14.5. The number of rotatable bonds is 8. The number of ether oxygens (including phenoxy) is 1. The number of methoxy groups -OCH3 is 1. The third kappa shape index (κ3) is 6.64. The second-order valence-electron chi connectivity index (χ2n) is 7.09. The van der Waals surface area contributed by atoms with Crippen molar-refractivity contribution in [3.05, 3.63) is 59.9 Å². The van der Waals surface area contributed by atoms with Crippen molar-refractivity contribution in [1.82, 2.24) is 15.5 Å². The highest BCUT2D eigenvalue weighted by Gasteiger charge is 2.17. The minimum atomic E-state index is -0.208. The molecule has 2 aromatic carbocycles. The lowest BCUT2D eigenvalue weighted by atomic mass is 10.1. The maximum Gasteiger partial charge on any atom is 0.314 e. The fourth-order valence-electron chi connectivity index (χ4n) is 3.38. The Morgan fingerprint density at radius 3 is 2.28 bits per heavy atom. The van der Waals surface area contributed by atoms with Crippen LogP contribution in [0.2, 0.25) is 0 Å².